The fourth-order valence-electron chi connectivity index (χ4n) is 1.68. The van der Waals surface area contributed by atoms with Crippen LogP contribution in [-0.2, 0) is 0 Å². The summed E-state index contributed by atoms with van der Waals surface area (Å²) in [7, 11) is 0. The lowest BCUT2D eigenvalue weighted by molar-refractivity contribution is -0.386. The molecule has 2 N–H and O–H groups in total. The van der Waals surface area contributed by atoms with E-state index in [2.05, 4.69) is 15.6 Å². The molecule has 0 aromatic carbocycles. The first kappa shape index (κ1) is 10.0. The molecule has 80 valence electrons. The van der Waals surface area contributed by atoms with Crippen LogP contribution >= 0.6 is 0 Å². The van der Waals surface area contributed by atoms with E-state index in [1.54, 1.807) is 12.3 Å². The van der Waals surface area contributed by atoms with E-state index in [1.807, 2.05) is 0 Å². The normalized spacial score (nSPS) is 21.2. The maximum Gasteiger partial charge on any atom is 0.292 e. The van der Waals surface area contributed by atoms with Crippen LogP contribution in [0.25, 0.3) is 0 Å². The molecule has 1 aliphatic heterocycles. The minimum atomic E-state index is -0.390. The molecule has 0 saturated carbocycles. The third kappa shape index (κ3) is 2.11. The number of rotatable bonds is 2. The molecule has 1 aliphatic rings. The number of pyridine rings is 1. The van der Waals surface area contributed by atoms with Crippen LogP contribution in [-0.4, -0.2) is 29.5 Å². The second kappa shape index (κ2) is 4.33. The van der Waals surface area contributed by atoms with Crippen molar-refractivity contribution in [3.63, 3.8) is 0 Å². The number of nitrogens with zero attached hydrogens (tertiary/aromatic N) is 2. The molecule has 0 aliphatic carbocycles. The number of aromatic nitrogens is 1. The van der Waals surface area contributed by atoms with Gasteiger partial charge in [-0.3, -0.25) is 15.1 Å². The fraction of sp³-hybridized carbons (Fsp3) is 0.444. The molecule has 15 heavy (non-hydrogen) atoms. The lowest BCUT2D eigenvalue weighted by Crippen LogP contribution is -2.43. The Kier molecular flexibility index (Phi) is 2.89. The van der Waals surface area contributed by atoms with Crippen molar-refractivity contribution in [1.82, 2.24) is 15.6 Å². The second-order valence-electron chi connectivity index (χ2n) is 3.38. The van der Waals surface area contributed by atoms with Crippen LogP contribution in [0.15, 0.2) is 18.3 Å². The molecule has 0 bridgehead atoms. The van der Waals surface area contributed by atoms with E-state index in [-0.39, 0.29) is 11.7 Å². The molecule has 1 saturated heterocycles. The van der Waals surface area contributed by atoms with Crippen molar-refractivity contribution in [3.8, 4) is 0 Å². The summed E-state index contributed by atoms with van der Waals surface area (Å²) in [4.78, 5) is 14.5. The topological polar surface area (TPSA) is 80.1 Å². The van der Waals surface area contributed by atoms with Gasteiger partial charge in [-0.15, -0.1) is 0 Å². The number of nitrogens with one attached hydrogen (secondary N) is 2. The quantitative estimate of drug-likeness (QED) is 0.537. The molecule has 1 aromatic heterocycles. The van der Waals surface area contributed by atoms with Gasteiger partial charge in [-0.05, 0) is 6.07 Å². The molecular weight excluding hydrogens is 196 g/mol. The molecule has 1 fully saturated rings. The van der Waals surface area contributed by atoms with Gasteiger partial charge >= 0.3 is 0 Å². The van der Waals surface area contributed by atoms with Crippen LogP contribution in [0.3, 0.4) is 0 Å². The van der Waals surface area contributed by atoms with E-state index in [0.29, 0.717) is 12.2 Å². The Morgan fingerprint density at radius 3 is 3.07 bits per heavy atom. The molecule has 6 heteroatoms. The average molecular weight is 208 g/mol. The zero-order valence-electron chi connectivity index (χ0n) is 8.14. The summed E-state index contributed by atoms with van der Waals surface area (Å²) in [5.74, 6) is 0. The van der Waals surface area contributed by atoms with Crippen molar-refractivity contribution in [2.24, 2.45) is 0 Å². The Morgan fingerprint density at radius 1 is 1.53 bits per heavy atom. The van der Waals surface area contributed by atoms with Crippen molar-refractivity contribution >= 4 is 5.69 Å². The third-order valence-electron chi connectivity index (χ3n) is 2.38. The van der Waals surface area contributed by atoms with Gasteiger partial charge < -0.3 is 10.6 Å². The van der Waals surface area contributed by atoms with Crippen molar-refractivity contribution in [1.29, 1.82) is 0 Å². The first-order chi connectivity index (χ1) is 7.29. The second-order valence-corrected chi connectivity index (χ2v) is 3.38. The van der Waals surface area contributed by atoms with Gasteiger partial charge in [-0.25, -0.2) is 0 Å². The Hall–Kier alpha value is -1.53. The zero-order chi connectivity index (χ0) is 10.7. The van der Waals surface area contributed by atoms with E-state index in [1.165, 1.54) is 6.07 Å². The van der Waals surface area contributed by atoms with Gasteiger partial charge in [0.2, 0.25) is 0 Å². The summed E-state index contributed by atoms with van der Waals surface area (Å²) >= 11 is 0. The first-order valence-electron chi connectivity index (χ1n) is 4.82. The smallest absolute Gasteiger partial charge is 0.292 e. The van der Waals surface area contributed by atoms with E-state index in [4.69, 9.17) is 0 Å². The highest BCUT2D eigenvalue weighted by molar-refractivity contribution is 5.36. The predicted molar refractivity (Wildman–Crippen MR) is 54.5 cm³/mol. The highest BCUT2D eigenvalue weighted by Gasteiger charge is 2.24. The maximum atomic E-state index is 10.8. The first-order valence-corrected chi connectivity index (χ1v) is 4.82. The summed E-state index contributed by atoms with van der Waals surface area (Å²) in [5.41, 5.74) is 0.591. The molecule has 2 rings (SSSR count). The summed E-state index contributed by atoms with van der Waals surface area (Å²) in [6, 6.07) is 3.00. The van der Waals surface area contributed by atoms with Crippen LogP contribution in [0.5, 0.6) is 0 Å². The van der Waals surface area contributed by atoms with Crippen LogP contribution < -0.4 is 10.6 Å². The summed E-state index contributed by atoms with van der Waals surface area (Å²) < 4.78 is 0. The molecule has 0 radical (unpaired) electrons. The largest absolute Gasteiger partial charge is 0.314 e. The van der Waals surface area contributed by atoms with Crippen molar-refractivity contribution in [2.75, 3.05) is 19.6 Å². The van der Waals surface area contributed by atoms with Crippen molar-refractivity contribution in [3.05, 3.63) is 34.1 Å². The molecule has 1 unspecified atom stereocenters. The van der Waals surface area contributed by atoms with Gasteiger partial charge in [-0.1, -0.05) is 0 Å². The van der Waals surface area contributed by atoms with Gasteiger partial charge in [0, 0.05) is 31.9 Å². The molecule has 1 atom stereocenters. The van der Waals surface area contributed by atoms with Gasteiger partial charge in [0.05, 0.1) is 11.0 Å². The van der Waals surface area contributed by atoms with Crippen LogP contribution in [0.2, 0.25) is 0 Å². The van der Waals surface area contributed by atoms with E-state index >= 15 is 0 Å². The Labute approximate surface area is 86.9 Å². The summed E-state index contributed by atoms with van der Waals surface area (Å²) in [6.45, 7) is 2.37. The Morgan fingerprint density at radius 2 is 2.40 bits per heavy atom. The van der Waals surface area contributed by atoms with Gasteiger partial charge in [0.15, 0.2) is 0 Å². The van der Waals surface area contributed by atoms with Gasteiger partial charge in [0.25, 0.3) is 5.69 Å². The lowest BCUT2D eigenvalue weighted by atomic mass is 10.1. The zero-order valence-corrected chi connectivity index (χ0v) is 8.14. The molecule has 0 spiro atoms. The summed E-state index contributed by atoms with van der Waals surface area (Å²) in [6.07, 6.45) is 1.58. The number of nitro groups is 1. The minimum absolute atomic E-state index is 0.0691. The molecule has 1 aromatic rings. The van der Waals surface area contributed by atoms with Crippen molar-refractivity contribution < 1.29 is 4.92 Å². The highest BCUT2D eigenvalue weighted by Crippen LogP contribution is 2.22. The SMILES string of the molecule is O=[N+]([O-])c1cccnc1C1CNCCN1. The monoisotopic (exact) mass is 208 g/mol. The third-order valence-corrected chi connectivity index (χ3v) is 2.38. The summed E-state index contributed by atoms with van der Waals surface area (Å²) in [5, 5.41) is 17.2. The maximum absolute atomic E-state index is 10.8. The molecular formula is C9H12N4O2. The Balaban J connectivity index is 2.29. The van der Waals surface area contributed by atoms with Crippen LogP contribution in [0, 0.1) is 10.1 Å². The number of hydrogen-bond acceptors (Lipinski definition) is 5. The van der Waals surface area contributed by atoms with Crippen molar-refractivity contribution in [2.45, 2.75) is 6.04 Å². The predicted octanol–water partition coefficient (Wildman–Crippen LogP) is 0.224. The molecule has 2 heterocycles. The number of piperazine rings is 1. The van der Waals surface area contributed by atoms with E-state index < -0.39 is 4.92 Å². The lowest BCUT2D eigenvalue weighted by Gasteiger charge is -2.23. The van der Waals surface area contributed by atoms with E-state index in [9.17, 15) is 10.1 Å². The van der Waals surface area contributed by atoms with E-state index in [0.717, 1.165) is 13.1 Å². The Bertz CT molecular complexity index is 363. The fourth-order valence-corrected chi connectivity index (χ4v) is 1.68. The molecule has 0 amide bonds. The highest BCUT2D eigenvalue weighted by atomic mass is 16.6. The van der Waals surface area contributed by atoms with Gasteiger partial charge in [-0.2, -0.15) is 0 Å². The average Bonchev–Trinajstić information content (AvgIpc) is 2.30. The number of hydrogen-bond donors (Lipinski definition) is 2. The van der Waals surface area contributed by atoms with Crippen LogP contribution in [0.1, 0.15) is 11.7 Å². The standard InChI is InChI=1S/C9H12N4O2/c14-13(15)8-2-1-3-12-9(8)7-6-10-4-5-11-7/h1-3,7,10-11H,4-6H2. The molecule has 6 nitrogen and oxygen atoms in total. The van der Waals surface area contributed by atoms with Crippen LogP contribution in [0.4, 0.5) is 5.69 Å². The minimum Gasteiger partial charge on any atom is -0.314 e. The van der Waals surface area contributed by atoms with Gasteiger partial charge in [0.1, 0.15) is 5.69 Å².